The summed E-state index contributed by atoms with van der Waals surface area (Å²) in [6.45, 7) is 3.26. The van der Waals surface area contributed by atoms with Gasteiger partial charge in [-0.15, -0.1) is 0 Å². The lowest BCUT2D eigenvalue weighted by atomic mass is 9.95. The lowest BCUT2D eigenvalue weighted by molar-refractivity contribution is 0.0447. The molecule has 0 aliphatic carbocycles. The van der Waals surface area contributed by atoms with Gasteiger partial charge in [-0.25, -0.2) is 14.1 Å². The molecule has 3 aromatic rings. The Bertz CT molecular complexity index is 1280. The van der Waals surface area contributed by atoms with Crippen LogP contribution in [0.4, 0.5) is 10.2 Å². The van der Waals surface area contributed by atoms with Gasteiger partial charge in [0.2, 0.25) is 0 Å². The van der Waals surface area contributed by atoms with E-state index >= 15 is 0 Å². The van der Waals surface area contributed by atoms with Gasteiger partial charge in [-0.05, 0) is 38.0 Å². The highest BCUT2D eigenvalue weighted by atomic mass is 19.1. The number of nitriles is 1. The van der Waals surface area contributed by atoms with Crippen molar-refractivity contribution in [3.63, 3.8) is 0 Å². The summed E-state index contributed by atoms with van der Waals surface area (Å²) in [5.41, 5.74) is 1.06. The SMILES string of the molecule is C[C@@]1(O)CCCN(c2ccn(-c3cc(-c4c(F)cccc4C#N)nc4c3C(=O)NC4)n2)C1. The third-order valence-corrected chi connectivity index (χ3v) is 5.93. The van der Waals surface area contributed by atoms with Crippen LogP contribution in [0.25, 0.3) is 16.9 Å². The normalized spacial score (nSPS) is 20.1. The van der Waals surface area contributed by atoms with Crippen LogP contribution < -0.4 is 10.2 Å². The maximum atomic E-state index is 14.7. The summed E-state index contributed by atoms with van der Waals surface area (Å²) in [4.78, 5) is 19.0. The molecule has 5 rings (SSSR count). The highest BCUT2D eigenvalue weighted by Crippen LogP contribution is 2.32. The Morgan fingerprint density at radius 2 is 2.16 bits per heavy atom. The first-order valence-electron chi connectivity index (χ1n) is 10.4. The number of rotatable bonds is 3. The van der Waals surface area contributed by atoms with E-state index in [0.29, 0.717) is 29.3 Å². The topological polar surface area (TPSA) is 107 Å². The summed E-state index contributed by atoms with van der Waals surface area (Å²) in [5.74, 6) is -0.156. The van der Waals surface area contributed by atoms with Gasteiger partial charge in [0.05, 0.1) is 52.0 Å². The molecule has 162 valence electrons. The number of pyridine rings is 1. The van der Waals surface area contributed by atoms with E-state index in [1.807, 2.05) is 24.0 Å². The molecule has 1 fully saturated rings. The fourth-order valence-corrected chi connectivity index (χ4v) is 4.43. The number of hydrogen-bond donors (Lipinski definition) is 2. The van der Waals surface area contributed by atoms with Gasteiger partial charge < -0.3 is 15.3 Å². The highest BCUT2D eigenvalue weighted by molar-refractivity contribution is 6.01. The number of halogens is 1. The minimum atomic E-state index is -0.786. The molecular weight excluding hydrogens is 411 g/mol. The molecule has 0 spiro atoms. The molecule has 8 nitrogen and oxygen atoms in total. The van der Waals surface area contributed by atoms with Gasteiger partial charge in [0.15, 0.2) is 5.82 Å². The molecule has 9 heteroatoms. The lowest BCUT2D eigenvalue weighted by Gasteiger charge is -2.36. The number of β-amino-alcohol motifs (C(OH)–C–C–N with tert-alkyl or cyclic N) is 1. The quantitative estimate of drug-likeness (QED) is 0.659. The number of nitrogens with one attached hydrogen (secondary N) is 1. The van der Waals surface area contributed by atoms with Crippen molar-refractivity contribution in [2.45, 2.75) is 31.9 Å². The number of amides is 1. The van der Waals surface area contributed by atoms with Crippen molar-refractivity contribution in [1.29, 1.82) is 5.26 Å². The van der Waals surface area contributed by atoms with Crippen LogP contribution in [0.15, 0.2) is 36.5 Å². The number of anilines is 1. The molecule has 32 heavy (non-hydrogen) atoms. The van der Waals surface area contributed by atoms with Gasteiger partial charge in [-0.2, -0.15) is 10.4 Å². The van der Waals surface area contributed by atoms with Crippen LogP contribution in [0.2, 0.25) is 0 Å². The van der Waals surface area contributed by atoms with Crippen molar-refractivity contribution in [3.05, 3.63) is 59.2 Å². The number of nitrogens with zero attached hydrogens (tertiary/aromatic N) is 5. The smallest absolute Gasteiger partial charge is 0.255 e. The van der Waals surface area contributed by atoms with Crippen LogP contribution >= 0.6 is 0 Å². The number of piperidine rings is 1. The van der Waals surface area contributed by atoms with E-state index in [4.69, 9.17) is 0 Å². The minimum absolute atomic E-state index is 0.0952. The first-order chi connectivity index (χ1) is 15.4. The van der Waals surface area contributed by atoms with Crippen molar-refractivity contribution in [2.24, 2.45) is 0 Å². The first kappa shape index (κ1) is 20.2. The first-order valence-corrected chi connectivity index (χ1v) is 10.4. The van der Waals surface area contributed by atoms with Crippen molar-refractivity contribution < 1.29 is 14.3 Å². The van der Waals surface area contributed by atoms with Crippen LogP contribution in [0, 0.1) is 17.1 Å². The molecule has 2 aliphatic heterocycles. The number of fused-ring (bicyclic) bond motifs is 1. The van der Waals surface area contributed by atoms with Crippen molar-refractivity contribution in [2.75, 3.05) is 18.0 Å². The number of aliphatic hydroxyl groups is 1. The van der Waals surface area contributed by atoms with Crippen molar-refractivity contribution in [1.82, 2.24) is 20.1 Å². The lowest BCUT2D eigenvalue weighted by Crippen LogP contribution is -2.46. The zero-order valence-electron chi connectivity index (χ0n) is 17.5. The maximum absolute atomic E-state index is 14.7. The predicted octanol–water partition coefficient (Wildman–Crippen LogP) is 2.54. The summed E-state index contributed by atoms with van der Waals surface area (Å²) in [7, 11) is 0. The Balaban J connectivity index is 1.62. The van der Waals surface area contributed by atoms with E-state index in [-0.39, 0.29) is 29.3 Å². The summed E-state index contributed by atoms with van der Waals surface area (Å²) in [6.07, 6.45) is 3.31. The fourth-order valence-electron chi connectivity index (χ4n) is 4.43. The molecule has 0 saturated carbocycles. The molecular formula is C23H21FN6O2. The molecule has 4 heterocycles. The largest absolute Gasteiger partial charge is 0.388 e. The summed E-state index contributed by atoms with van der Waals surface area (Å²) in [5, 5.41) is 27.3. The molecule has 0 bridgehead atoms. The van der Waals surface area contributed by atoms with Gasteiger partial charge in [0.25, 0.3) is 5.91 Å². The Kier molecular flexibility index (Phi) is 4.68. The molecule has 1 amide bonds. The molecule has 1 saturated heterocycles. The minimum Gasteiger partial charge on any atom is -0.388 e. The van der Waals surface area contributed by atoms with Crippen LogP contribution in [0.3, 0.4) is 0 Å². The van der Waals surface area contributed by atoms with E-state index in [9.17, 15) is 19.6 Å². The van der Waals surface area contributed by atoms with Gasteiger partial charge in [-0.3, -0.25) is 4.79 Å². The number of benzene rings is 1. The molecule has 2 N–H and O–H groups in total. The van der Waals surface area contributed by atoms with Gasteiger partial charge in [-0.1, -0.05) is 6.07 Å². The summed E-state index contributed by atoms with van der Waals surface area (Å²) < 4.78 is 16.2. The monoisotopic (exact) mass is 432 g/mol. The number of carbonyl (C=O) groups is 1. The van der Waals surface area contributed by atoms with E-state index in [2.05, 4.69) is 15.4 Å². The molecule has 1 aromatic carbocycles. The number of aromatic nitrogens is 3. The van der Waals surface area contributed by atoms with Crippen LogP contribution in [-0.4, -0.2) is 44.5 Å². The number of carbonyl (C=O) groups excluding carboxylic acids is 1. The van der Waals surface area contributed by atoms with Gasteiger partial charge in [0, 0.05) is 25.4 Å². The van der Waals surface area contributed by atoms with Crippen LogP contribution in [0.1, 0.15) is 41.4 Å². The average molecular weight is 432 g/mol. The Hall–Kier alpha value is -3.77. The van der Waals surface area contributed by atoms with Crippen molar-refractivity contribution >= 4 is 11.7 Å². The molecule has 0 unspecified atom stereocenters. The second-order valence-corrected chi connectivity index (χ2v) is 8.45. The fraction of sp³-hybridized carbons (Fsp3) is 0.304. The van der Waals surface area contributed by atoms with E-state index in [0.717, 1.165) is 19.4 Å². The molecule has 1 atom stereocenters. The third kappa shape index (κ3) is 3.39. The zero-order chi connectivity index (χ0) is 22.5. The van der Waals surface area contributed by atoms with Crippen molar-refractivity contribution in [3.8, 4) is 23.0 Å². The highest BCUT2D eigenvalue weighted by Gasteiger charge is 2.31. The standard InChI is InChI=1S/C23H21FN6O2/c1-23(32)7-3-8-29(13-23)19-6-9-30(28-19)18-10-16(27-17-12-26-22(31)21(17)18)20-14(11-25)4-2-5-15(20)24/h2,4-6,9-10,32H,3,7-8,12-13H2,1H3,(H,26,31)/t23-/m1/s1. The second kappa shape index (κ2) is 7.43. The molecule has 2 aliphatic rings. The number of hydrogen-bond acceptors (Lipinski definition) is 6. The third-order valence-electron chi connectivity index (χ3n) is 5.93. The van der Waals surface area contributed by atoms with E-state index in [1.54, 1.807) is 16.9 Å². The second-order valence-electron chi connectivity index (χ2n) is 8.45. The average Bonchev–Trinajstić information content (AvgIpc) is 3.40. The van der Waals surface area contributed by atoms with E-state index in [1.165, 1.54) is 18.2 Å². The van der Waals surface area contributed by atoms with Gasteiger partial charge in [0.1, 0.15) is 5.82 Å². The summed E-state index contributed by atoms with van der Waals surface area (Å²) >= 11 is 0. The molecule has 2 aromatic heterocycles. The summed E-state index contributed by atoms with van der Waals surface area (Å²) in [6, 6.07) is 9.71. The van der Waals surface area contributed by atoms with E-state index < -0.39 is 11.4 Å². The predicted molar refractivity (Wildman–Crippen MR) is 115 cm³/mol. The Morgan fingerprint density at radius 3 is 2.94 bits per heavy atom. The van der Waals surface area contributed by atoms with Crippen LogP contribution in [-0.2, 0) is 6.54 Å². The van der Waals surface area contributed by atoms with Gasteiger partial charge >= 0.3 is 0 Å². The zero-order valence-corrected chi connectivity index (χ0v) is 17.5. The Labute approximate surface area is 183 Å². The van der Waals surface area contributed by atoms with Crippen LogP contribution in [0.5, 0.6) is 0 Å². The molecule has 0 radical (unpaired) electrons. The Morgan fingerprint density at radius 1 is 1.31 bits per heavy atom. The maximum Gasteiger partial charge on any atom is 0.255 e.